The third-order valence-corrected chi connectivity index (χ3v) is 7.84. The van der Waals surface area contributed by atoms with Gasteiger partial charge in [0.05, 0.1) is 6.54 Å². The average molecular weight is 452 g/mol. The Hall–Kier alpha value is -1.84. The molecule has 1 saturated heterocycles. The first-order valence-corrected chi connectivity index (χ1v) is 12.7. The zero-order chi connectivity index (χ0) is 22.7. The standard InChI is InChI=1S/C28H38ClN3/c1-21(2)31(22(3)4)19-17-28(24-14-8-9-15-25(24)29)20-30-27(23-12-6-5-7-13-23)32-18-11-10-16-26(28)32/h5-9,12-15,21-22,26H,10-11,16-20H2,1-4H3. The Balaban J connectivity index is 1.78. The molecule has 2 atom stereocenters. The molecular weight excluding hydrogens is 414 g/mol. The summed E-state index contributed by atoms with van der Waals surface area (Å²) < 4.78 is 0. The Labute approximate surface area is 199 Å². The number of fused-ring (bicyclic) bond motifs is 1. The van der Waals surface area contributed by atoms with Gasteiger partial charge in [0.2, 0.25) is 0 Å². The molecule has 2 aromatic carbocycles. The summed E-state index contributed by atoms with van der Waals surface area (Å²) in [6.45, 7) is 12.2. The zero-order valence-electron chi connectivity index (χ0n) is 20.1. The minimum atomic E-state index is -0.0704. The summed E-state index contributed by atoms with van der Waals surface area (Å²) in [5.41, 5.74) is 2.44. The number of piperidine rings is 1. The normalized spacial score (nSPS) is 23.6. The van der Waals surface area contributed by atoms with E-state index < -0.39 is 0 Å². The third-order valence-electron chi connectivity index (χ3n) is 7.51. The Morgan fingerprint density at radius 2 is 1.69 bits per heavy atom. The lowest BCUT2D eigenvalue weighted by Gasteiger charge is -2.53. The van der Waals surface area contributed by atoms with Gasteiger partial charge in [-0.1, -0.05) is 60.1 Å². The molecule has 2 aliphatic heterocycles. The molecule has 2 aliphatic rings. The molecule has 172 valence electrons. The fraction of sp³-hybridized carbons (Fsp3) is 0.536. The number of nitrogens with zero attached hydrogens (tertiary/aromatic N) is 3. The monoisotopic (exact) mass is 451 g/mol. The molecule has 32 heavy (non-hydrogen) atoms. The van der Waals surface area contributed by atoms with Crippen molar-refractivity contribution in [2.24, 2.45) is 4.99 Å². The van der Waals surface area contributed by atoms with E-state index in [-0.39, 0.29) is 5.41 Å². The number of amidine groups is 1. The van der Waals surface area contributed by atoms with Crippen LogP contribution in [0.3, 0.4) is 0 Å². The van der Waals surface area contributed by atoms with Crippen LogP contribution < -0.4 is 0 Å². The van der Waals surface area contributed by atoms with E-state index in [0.717, 1.165) is 31.1 Å². The SMILES string of the molecule is CC(C)N(CCC1(c2ccccc2Cl)CN=C(c2ccccc2)N2CCCCC21)C(C)C. The highest BCUT2D eigenvalue weighted by Crippen LogP contribution is 2.45. The first-order chi connectivity index (χ1) is 15.4. The Morgan fingerprint density at radius 1 is 1.00 bits per heavy atom. The molecule has 0 saturated carbocycles. The Bertz CT molecular complexity index is 915. The molecule has 2 heterocycles. The van der Waals surface area contributed by atoms with Crippen LogP contribution in [0.4, 0.5) is 0 Å². The minimum Gasteiger partial charge on any atom is -0.352 e. The summed E-state index contributed by atoms with van der Waals surface area (Å²) in [6, 6.07) is 20.7. The summed E-state index contributed by atoms with van der Waals surface area (Å²) in [5.74, 6) is 1.17. The van der Waals surface area contributed by atoms with Gasteiger partial charge < -0.3 is 4.90 Å². The highest BCUT2D eigenvalue weighted by Gasteiger charge is 2.48. The van der Waals surface area contributed by atoms with E-state index in [1.807, 2.05) is 6.07 Å². The van der Waals surface area contributed by atoms with Crippen molar-refractivity contribution in [2.45, 2.75) is 76.9 Å². The van der Waals surface area contributed by atoms with Crippen molar-refractivity contribution in [1.82, 2.24) is 9.80 Å². The minimum absolute atomic E-state index is 0.0704. The fourth-order valence-electron chi connectivity index (χ4n) is 5.97. The van der Waals surface area contributed by atoms with Crippen molar-refractivity contribution in [1.29, 1.82) is 0 Å². The van der Waals surface area contributed by atoms with E-state index in [1.54, 1.807) is 0 Å². The second-order valence-electron chi connectivity index (χ2n) is 10.0. The number of halogens is 1. The molecule has 0 aromatic heterocycles. The van der Waals surface area contributed by atoms with Gasteiger partial charge in [-0.25, -0.2) is 0 Å². The maximum Gasteiger partial charge on any atom is 0.131 e. The van der Waals surface area contributed by atoms with Gasteiger partial charge in [0.25, 0.3) is 0 Å². The van der Waals surface area contributed by atoms with Gasteiger partial charge in [0.1, 0.15) is 5.84 Å². The quantitative estimate of drug-likeness (QED) is 0.484. The van der Waals surface area contributed by atoms with E-state index in [0.29, 0.717) is 18.1 Å². The van der Waals surface area contributed by atoms with Crippen LogP contribution in [-0.2, 0) is 5.41 Å². The van der Waals surface area contributed by atoms with Gasteiger partial charge >= 0.3 is 0 Å². The van der Waals surface area contributed by atoms with E-state index in [2.05, 4.69) is 86.0 Å². The van der Waals surface area contributed by atoms with E-state index >= 15 is 0 Å². The van der Waals surface area contributed by atoms with Gasteiger partial charge in [-0.05, 0) is 71.6 Å². The van der Waals surface area contributed by atoms with Crippen LogP contribution in [0.15, 0.2) is 59.6 Å². The van der Waals surface area contributed by atoms with Crippen molar-refractivity contribution in [3.63, 3.8) is 0 Å². The second kappa shape index (κ2) is 9.97. The molecule has 0 spiro atoms. The summed E-state index contributed by atoms with van der Waals surface area (Å²) in [5, 5.41) is 0.886. The van der Waals surface area contributed by atoms with Crippen LogP contribution in [0, 0.1) is 0 Å². The smallest absolute Gasteiger partial charge is 0.131 e. The fourth-order valence-corrected chi connectivity index (χ4v) is 6.29. The molecule has 0 bridgehead atoms. The first-order valence-electron chi connectivity index (χ1n) is 12.3. The van der Waals surface area contributed by atoms with Crippen LogP contribution in [0.25, 0.3) is 0 Å². The van der Waals surface area contributed by atoms with Crippen LogP contribution in [0.5, 0.6) is 0 Å². The van der Waals surface area contributed by atoms with Gasteiger partial charge in [-0.2, -0.15) is 0 Å². The van der Waals surface area contributed by atoms with Crippen molar-refractivity contribution >= 4 is 17.4 Å². The van der Waals surface area contributed by atoms with Crippen LogP contribution in [0.1, 0.15) is 64.5 Å². The summed E-state index contributed by atoms with van der Waals surface area (Å²) in [6.07, 6.45) is 4.76. The van der Waals surface area contributed by atoms with Crippen molar-refractivity contribution in [2.75, 3.05) is 19.6 Å². The second-order valence-corrected chi connectivity index (χ2v) is 10.4. The van der Waals surface area contributed by atoms with Crippen LogP contribution >= 0.6 is 11.6 Å². The number of benzene rings is 2. The molecule has 0 radical (unpaired) electrons. The first kappa shape index (κ1) is 23.3. The highest BCUT2D eigenvalue weighted by molar-refractivity contribution is 6.31. The molecule has 0 aliphatic carbocycles. The largest absolute Gasteiger partial charge is 0.352 e. The average Bonchev–Trinajstić information content (AvgIpc) is 2.79. The molecule has 2 unspecified atom stereocenters. The lowest BCUT2D eigenvalue weighted by atomic mass is 9.67. The van der Waals surface area contributed by atoms with Crippen molar-refractivity contribution < 1.29 is 0 Å². The lowest BCUT2D eigenvalue weighted by Crippen LogP contribution is -2.60. The molecular formula is C28H38ClN3. The molecule has 2 aromatic rings. The molecule has 4 heteroatoms. The molecule has 3 nitrogen and oxygen atoms in total. The zero-order valence-corrected chi connectivity index (χ0v) is 20.9. The summed E-state index contributed by atoms with van der Waals surface area (Å²) in [7, 11) is 0. The predicted molar refractivity (Wildman–Crippen MR) is 137 cm³/mol. The maximum absolute atomic E-state index is 6.89. The van der Waals surface area contributed by atoms with Crippen molar-refractivity contribution in [3.05, 3.63) is 70.7 Å². The van der Waals surface area contributed by atoms with Gasteiger partial charge in [0, 0.05) is 40.7 Å². The Kier molecular flexibility index (Phi) is 7.27. The van der Waals surface area contributed by atoms with Crippen molar-refractivity contribution in [3.8, 4) is 0 Å². The lowest BCUT2D eigenvalue weighted by molar-refractivity contribution is 0.0967. The number of rotatable bonds is 7. The number of hydrogen-bond acceptors (Lipinski definition) is 3. The highest BCUT2D eigenvalue weighted by atomic mass is 35.5. The van der Waals surface area contributed by atoms with E-state index in [4.69, 9.17) is 16.6 Å². The Morgan fingerprint density at radius 3 is 2.38 bits per heavy atom. The summed E-state index contributed by atoms with van der Waals surface area (Å²) in [4.78, 5) is 10.5. The molecule has 1 fully saturated rings. The van der Waals surface area contributed by atoms with Crippen LogP contribution in [0.2, 0.25) is 5.02 Å². The van der Waals surface area contributed by atoms with Gasteiger partial charge in [-0.3, -0.25) is 9.89 Å². The van der Waals surface area contributed by atoms with E-state index in [1.165, 1.54) is 36.2 Å². The topological polar surface area (TPSA) is 18.8 Å². The van der Waals surface area contributed by atoms with Gasteiger partial charge in [-0.15, -0.1) is 0 Å². The molecule has 4 rings (SSSR count). The molecule has 0 amide bonds. The maximum atomic E-state index is 6.89. The van der Waals surface area contributed by atoms with Gasteiger partial charge in [0.15, 0.2) is 0 Å². The van der Waals surface area contributed by atoms with E-state index in [9.17, 15) is 0 Å². The van der Waals surface area contributed by atoms with Crippen LogP contribution in [-0.4, -0.2) is 53.4 Å². The molecule has 0 N–H and O–H groups in total. The number of hydrogen-bond donors (Lipinski definition) is 0. The summed E-state index contributed by atoms with van der Waals surface area (Å²) >= 11 is 6.89. The third kappa shape index (κ3) is 4.47. The number of aliphatic imine (C=N–C) groups is 1. The predicted octanol–water partition coefficient (Wildman–Crippen LogP) is 6.40.